The highest BCUT2D eigenvalue weighted by atomic mass is 19.1. The van der Waals surface area contributed by atoms with Crippen LogP contribution >= 0.6 is 0 Å². The molecule has 6 rings (SSSR count). The Kier molecular flexibility index (Phi) is 7.47. The van der Waals surface area contributed by atoms with Crippen LogP contribution in [-0.2, 0) is 6.42 Å². The quantitative estimate of drug-likeness (QED) is 0.197. The third-order valence-corrected chi connectivity index (χ3v) is 7.47. The molecule has 214 valence electrons. The van der Waals surface area contributed by atoms with E-state index >= 15 is 0 Å². The van der Waals surface area contributed by atoms with E-state index in [1.54, 1.807) is 24.4 Å². The van der Waals surface area contributed by atoms with E-state index in [1.807, 2.05) is 60.8 Å². The summed E-state index contributed by atoms with van der Waals surface area (Å²) in [5.41, 5.74) is 11.2. The van der Waals surface area contributed by atoms with Gasteiger partial charge >= 0.3 is 0 Å². The van der Waals surface area contributed by atoms with Crippen molar-refractivity contribution in [3.05, 3.63) is 125 Å². The molecule has 0 radical (unpaired) electrons. The number of amides is 2. The number of benzene rings is 4. The summed E-state index contributed by atoms with van der Waals surface area (Å²) in [6, 6.07) is 25.2. The molecule has 0 spiro atoms. The molecule has 0 fully saturated rings. The molecule has 2 heterocycles. The first-order valence-electron chi connectivity index (χ1n) is 14.1. The summed E-state index contributed by atoms with van der Waals surface area (Å²) in [6.07, 6.45) is 4.12. The molecule has 6 aromatic rings. The highest BCUT2D eigenvalue weighted by molar-refractivity contribution is 6.10. The first kappa shape index (κ1) is 27.8. The summed E-state index contributed by atoms with van der Waals surface area (Å²) in [5.74, 6) is -0.563. The zero-order valence-electron chi connectivity index (χ0n) is 23.9. The van der Waals surface area contributed by atoms with E-state index < -0.39 is 5.91 Å². The van der Waals surface area contributed by atoms with Gasteiger partial charge in [-0.3, -0.25) is 14.6 Å². The summed E-state index contributed by atoms with van der Waals surface area (Å²) in [7, 11) is 0. The molecule has 0 aliphatic rings. The number of furan rings is 1. The molecule has 2 aromatic heterocycles. The fraction of sp³-hybridized carbons (Fsp3) is 0.139. The number of fused-ring (bicyclic) bond motifs is 2. The summed E-state index contributed by atoms with van der Waals surface area (Å²) >= 11 is 0. The lowest BCUT2D eigenvalue weighted by Gasteiger charge is -2.15. The second-order valence-electron chi connectivity index (χ2n) is 11.1. The summed E-state index contributed by atoms with van der Waals surface area (Å²) in [4.78, 5) is 30.5. The van der Waals surface area contributed by atoms with Gasteiger partial charge in [0.1, 0.15) is 17.2 Å². The van der Waals surface area contributed by atoms with Gasteiger partial charge in [-0.05, 0) is 76.9 Å². The molecule has 3 N–H and O–H groups in total. The predicted octanol–water partition coefficient (Wildman–Crippen LogP) is 7.53. The predicted molar refractivity (Wildman–Crippen MR) is 167 cm³/mol. The van der Waals surface area contributed by atoms with E-state index in [0.717, 1.165) is 33.0 Å². The molecule has 0 aliphatic heterocycles. The number of nitrogens with two attached hydrogens (primary N) is 1. The Morgan fingerprint density at radius 1 is 0.884 bits per heavy atom. The highest BCUT2D eigenvalue weighted by Crippen LogP contribution is 2.35. The number of hydrogen-bond acceptors (Lipinski definition) is 4. The van der Waals surface area contributed by atoms with Crippen molar-refractivity contribution in [2.45, 2.75) is 20.3 Å². The fourth-order valence-corrected chi connectivity index (χ4v) is 5.39. The number of carbonyl (C=O) groups is 2. The monoisotopic (exact) mass is 571 g/mol. The highest BCUT2D eigenvalue weighted by Gasteiger charge is 2.21. The number of primary amides is 1. The minimum absolute atomic E-state index is 0.149. The Bertz CT molecular complexity index is 1990. The molecule has 0 atom stereocenters. The number of aromatic nitrogens is 1. The zero-order chi connectivity index (χ0) is 30.1. The van der Waals surface area contributed by atoms with Gasteiger partial charge in [0.25, 0.3) is 11.8 Å². The molecule has 0 saturated carbocycles. The van der Waals surface area contributed by atoms with Crippen molar-refractivity contribution in [3.63, 3.8) is 0 Å². The fourth-order valence-electron chi connectivity index (χ4n) is 5.39. The molecular weight excluding hydrogens is 541 g/mol. The molecule has 6 nitrogen and oxygen atoms in total. The van der Waals surface area contributed by atoms with Crippen LogP contribution in [0.4, 0.5) is 4.39 Å². The Balaban J connectivity index is 1.41. The first-order chi connectivity index (χ1) is 20.8. The average molecular weight is 572 g/mol. The van der Waals surface area contributed by atoms with E-state index in [1.165, 1.54) is 12.1 Å². The second-order valence-corrected chi connectivity index (χ2v) is 11.1. The Labute approximate surface area is 248 Å². The second kappa shape index (κ2) is 11.5. The zero-order valence-corrected chi connectivity index (χ0v) is 23.9. The normalized spacial score (nSPS) is 11.3. The van der Waals surface area contributed by atoms with Crippen LogP contribution in [0.1, 0.15) is 45.7 Å². The number of pyridine rings is 1. The van der Waals surface area contributed by atoms with Crippen LogP contribution in [0.5, 0.6) is 0 Å². The molecule has 7 heteroatoms. The summed E-state index contributed by atoms with van der Waals surface area (Å²) in [6.45, 7) is 4.67. The van der Waals surface area contributed by atoms with E-state index in [4.69, 9.17) is 10.2 Å². The number of rotatable bonds is 8. The maximum absolute atomic E-state index is 13.5. The first-order valence-corrected chi connectivity index (χ1v) is 14.1. The van der Waals surface area contributed by atoms with Gasteiger partial charge in [0.2, 0.25) is 0 Å². The average Bonchev–Trinajstić information content (AvgIpc) is 3.39. The SMILES string of the molecule is CC(C)CNC(=O)c1cc(Cc2ccc3oc(-c4ccc(F)cc4)c(C(N)=O)c3c2)ccc1-c1cncc2ccccc12. The van der Waals surface area contributed by atoms with Gasteiger partial charge in [-0.15, -0.1) is 0 Å². The summed E-state index contributed by atoms with van der Waals surface area (Å²) in [5, 5.41) is 5.66. The number of hydrogen-bond donors (Lipinski definition) is 2. The van der Waals surface area contributed by atoms with Crippen LogP contribution in [0, 0.1) is 11.7 Å². The smallest absolute Gasteiger partial charge is 0.253 e. The van der Waals surface area contributed by atoms with Crippen LogP contribution in [0.15, 0.2) is 102 Å². The molecule has 4 aromatic carbocycles. The van der Waals surface area contributed by atoms with Gasteiger partial charge < -0.3 is 15.5 Å². The molecule has 0 bridgehead atoms. The molecular formula is C36H30FN3O3. The Hall–Kier alpha value is -5.30. The molecule has 2 amide bonds. The van der Waals surface area contributed by atoms with Crippen LogP contribution < -0.4 is 11.1 Å². The Morgan fingerprint density at radius 3 is 2.40 bits per heavy atom. The number of halogens is 1. The van der Waals surface area contributed by atoms with E-state index in [9.17, 15) is 14.0 Å². The van der Waals surface area contributed by atoms with Gasteiger partial charge in [-0.1, -0.05) is 56.3 Å². The largest absolute Gasteiger partial charge is 0.455 e. The molecule has 0 unspecified atom stereocenters. The van der Waals surface area contributed by atoms with Gasteiger partial charge in [-0.2, -0.15) is 0 Å². The van der Waals surface area contributed by atoms with Gasteiger partial charge in [0.15, 0.2) is 0 Å². The van der Waals surface area contributed by atoms with Crippen molar-refractivity contribution in [1.82, 2.24) is 10.3 Å². The lowest BCUT2D eigenvalue weighted by Crippen LogP contribution is -2.28. The van der Waals surface area contributed by atoms with Gasteiger partial charge in [-0.25, -0.2) is 4.39 Å². The van der Waals surface area contributed by atoms with E-state index in [-0.39, 0.29) is 17.3 Å². The minimum atomic E-state index is -0.632. The maximum Gasteiger partial charge on any atom is 0.253 e. The molecule has 0 saturated heterocycles. The lowest BCUT2D eigenvalue weighted by atomic mass is 9.92. The van der Waals surface area contributed by atoms with Gasteiger partial charge in [0.05, 0.1) is 5.56 Å². The maximum atomic E-state index is 13.5. The van der Waals surface area contributed by atoms with Crippen LogP contribution in [0.3, 0.4) is 0 Å². The third-order valence-electron chi connectivity index (χ3n) is 7.47. The standard InChI is InChI=1S/C36H30FN3O3/c1-21(2)18-40-36(42)29-16-22(7-13-28(29)31-20-39-19-25-5-3-4-6-27(25)31)15-23-8-14-32-30(17-23)33(35(38)41)34(43-32)24-9-11-26(37)12-10-24/h3-14,16-17,19-21H,15,18H2,1-2H3,(H2,38,41)(H,40,42). The van der Waals surface area contributed by atoms with Crippen LogP contribution in [0.2, 0.25) is 0 Å². The topological polar surface area (TPSA) is 98.2 Å². The van der Waals surface area contributed by atoms with Crippen molar-refractivity contribution in [1.29, 1.82) is 0 Å². The summed E-state index contributed by atoms with van der Waals surface area (Å²) < 4.78 is 19.5. The molecule has 43 heavy (non-hydrogen) atoms. The van der Waals surface area contributed by atoms with Crippen LogP contribution in [0.25, 0.3) is 44.2 Å². The van der Waals surface area contributed by atoms with Gasteiger partial charge in [0, 0.05) is 46.4 Å². The van der Waals surface area contributed by atoms with E-state index in [0.29, 0.717) is 46.7 Å². The van der Waals surface area contributed by atoms with E-state index in [2.05, 4.69) is 24.1 Å². The number of nitrogens with one attached hydrogen (secondary N) is 1. The lowest BCUT2D eigenvalue weighted by molar-refractivity contribution is 0.0948. The Morgan fingerprint density at radius 2 is 1.63 bits per heavy atom. The van der Waals surface area contributed by atoms with Crippen molar-refractivity contribution >= 4 is 33.6 Å². The van der Waals surface area contributed by atoms with Crippen molar-refractivity contribution in [3.8, 4) is 22.5 Å². The number of nitrogens with zero attached hydrogens (tertiary/aromatic N) is 1. The molecule has 0 aliphatic carbocycles. The van der Waals surface area contributed by atoms with Crippen molar-refractivity contribution < 1.29 is 18.4 Å². The van der Waals surface area contributed by atoms with Crippen LogP contribution in [-0.4, -0.2) is 23.3 Å². The third kappa shape index (κ3) is 5.62. The van der Waals surface area contributed by atoms with Crippen molar-refractivity contribution in [2.24, 2.45) is 11.7 Å². The van der Waals surface area contributed by atoms with Crippen molar-refractivity contribution in [2.75, 3.05) is 6.54 Å². The minimum Gasteiger partial charge on any atom is -0.455 e. The number of carbonyl (C=O) groups excluding carboxylic acids is 2.